The zero-order valence-corrected chi connectivity index (χ0v) is 18.6. The van der Waals surface area contributed by atoms with Gasteiger partial charge in [0, 0.05) is 44.1 Å². The molecule has 0 bridgehead atoms. The Hall–Kier alpha value is -3.59. The van der Waals surface area contributed by atoms with Gasteiger partial charge in [0.15, 0.2) is 0 Å². The molecule has 8 nitrogen and oxygen atoms in total. The van der Waals surface area contributed by atoms with Gasteiger partial charge in [-0.05, 0) is 42.0 Å². The standard InChI is InChI=1S/C24H27FN4O4/c1-32-19-9-3-16(4-10-19)22-21(23(30)33-2)20(26-24(31)27-22)15-28-11-13-29(14-12-28)18-7-5-17(25)6-8-18/h3-10,22H,11-15H2,1-2H3,(H2,26,27,31)/t22-/m1/s1. The van der Waals surface area contributed by atoms with Crippen molar-refractivity contribution in [3.8, 4) is 5.75 Å². The zero-order chi connectivity index (χ0) is 23.4. The number of hydrogen-bond donors (Lipinski definition) is 2. The number of benzene rings is 2. The molecule has 0 aromatic heterocycles. The Labute approximate surface area is 192 Å². The van der Waals surface area contributed by atoms with Crippen LogP contribution in [0.2, 0.25) is 0 Å². The first-order valence-corrected chi connectivity index (χ1v) is 10.7. The van der Waals surface area contributed by atoms with Gasteiger partial charge in [-0.1, -0.05) is 12.1 Å². The van der Waals surface area contributed by atoms with Crippen molar-refractivity contribution in [1.29, 1.82) is 0 Å². The van der Waals surface area contributed by atoms with Crippen LogP contribution >= 0.6 is 0 Å². The first-order valence-electron chi connectivity index (χ1n) is 10.7. The number of carbonyl (C=O) groups excluding carboxylic acids is 2. The molecule has 2 heterocycles. The molecule has 0 saturated carbocycles. The number of rotatable bonds is 6. The number of ether oxygens (including phenoxy) is 2. The normalized spacial score (nSPS) is 19.1. The predicted molar refractivity (Wildman–Crippen MR) is 121 cm³/mol. The average Bonchev–Trinajstić information content (AvgIpc) is 2.84. The third-order valence-electron chi connectivity index (χ3n) is 5.95. The molecule has 1 fully saturated rings. The fourth-order valence-electron chi connectivity index (χ4n) is 4.18. The number of carbonyl (C=O) groups is 2. The second-order valence-electron chi connectivity index (χ2n) is 7.93. The molecule has 2 aromatic rings. The van der Waals surface area contributed by atoms with Crippen LogP contribution in [0.3, 0.4) is 0 Å². The fourth-order valence-corrected chi connectivity index (χ4v) is 4.18. The number of amides is 2. The molecule has 9 heteroatoms. The summed E-state index contributed by atoms with van der Waals surface area (Å²) in [6, 6.07) is 12.7. The number of nitrogens with one attached hydrogen (secondary N) is 2. The first-order chi connectivity index (χ1) is 16.0. The molecule has 174 valence electrons. The topological polar surface area (TPSA) is 83.1 Å². The summed E-state index contributed by atoms with van der Waals surface area (Å²) < 4.78 is 23.5. The molecule has 0 unspecified atom stereocenters. The van der Waals surface area contributed by atoms with E-state index in [9.17, 15) is 14.0 Å². The van der Waals surface area contributed by atoms with Crippen LogP contribution in [-0.4, -0.2) is 63.8 Å². The lowest BCUT2D eigenvalue weighted by atomic mass is 9.95. The first kappa shape index (κ1) is 22.6. The summed E-state index contributed by atoms with van der Waals surface area (Å²) in [5.41, 5.74) is 2.63. The Bertz CT molecular complexity index is 1030. The number of anilines is 1. The van der Waals surface area contributed by atoms with E-state index >= 15 is 0 Å². The largest absolute Gasteiger partial charge is 0.497 e. The third-order valence-corrected chi connectivity index (χ3v) is 5.95. The van der Waals surface area contributed by atoms with E-state index in [1.807, 2.05) is 12.1 Å². The SMILES string of the molecule is COC(=O)C1=C(CN2CCN(c3ccc(F)cc3)CC2)NC(=O)N[C@@H]1c1ccc(OC)cc1. The van der Waals surface area contributed by atoms with Crippen LogP contribution in [0.25, 0.3) is 0 Å². The molecule has 0 aliphatic carbocycles. The van der Waals surface area contributed by atoms with Crippen LogP contribution in [0.15, 0.2) is 59.8 Å². The quantitative estimate of drug-likeness (QED) is 0.653. The molecule has 4 rings (SSSR count). The highest BCUT2D eigenvalue weighted by molar-refractivity contribution is 5.95. The smallest absolute Gasteiger partial charge is 0.338 e. The Morgan fingerprint density at radius 3 is 2.30 bits per heavy atom. The Balaban J connectivity index is 1.53. The van der Waals surface area contributed by atoms with Gasteiger partial charge in [0.1, 0.15) is 11.6 Å². The van der Waals surface area contributed by atoms with Gasteiger partial charge in [-0.15, -0.1) is 0 Å². The van der Waals surface area contributed by atoms with E-state index in [0.717, 1.165) is 37.4 Å². The van der Waals surface area contributed by atoms with Crippen molar-refractivity contribution in [2.24, 2.45) is 0 Å². The fraction of sp³-hybridized carbons (Fsp3) is 0.333. The summed E-state index contributed by atoms with van der Waals surface area (Å²) in [6.07, 6.45) is 0. The monoisotopic (exact) mass is 454 g/mol. The molecule has 0 spiro atoms. The molecular formula is C24H27FN4O4. The Kier molecular flexibility index (Phi) is 6.79. The molecule has 1 saturated heterocycles. The molecule has 2 aromatic carbocycles. The summed E-state index contributed by atoms with van der Waals surface area (Å²) in [5, 5.41) is 5.64. The van der Waals surface area contributed by atoms with Gasteiger partial charge in [-0.3, -0.25) is 4.90 Å². The predicted octanol–water partition coefficient (Wildman–Crippen LogP) is 2.44. The van der Waals surface area contributed by atoms with Crippen LogP contribution < -0.4 is 20.3 Å². The van der Waals surface area contributed by atoms with Crippen LogP contribution in [0.5, 0.6) is 5.75 Å². The summed E-state index contributed by atoms with van der Waals surface area (Å²) in [4.78, 5) is 29.6. The molecule has 1 atom stereocenters. The lowest BCUT2D eigenvalue weighted by Crippen LogP contribution is -2.51. The van der Waals surface area contributed by atoms with Crippen molar-refractivity contribution in [3.05, 3.63) is 71.2 Å². The molecule has 2 amide bonds. The second-order valence-corrected chi connectivity index (χ2v) is 7.93. The van der Waals surface area contributed by atoms with E-state index in [1.165, 1.54) is 19.2 Å². The van der Waals surface area contributed by atoms with Crippen LogP contribution in [0, 0.1) is 5.82 Å². The minimum Gasteiger partial charge on any atom is -0.497 e. The van der Waals surface area contributed by atoms with E-state index < -0.39 is 12.0 Å². The highest BCUT2D eigenvalue weighted by Gasteiger charge is 2.34. The lowest BCUT2D eigenvalue weighted by molar-refractivity contribution is -0.136. The van der Waals surface area contributed by atoms with Gasteiger partial charge in [-0.2, -0.15) is 0 Å². The number of nitrogens with zero attached hydrogens (tertiary/aromatic N) is 2. The van der Waals surface area contributed by atoms with Crippen molar-refractivity contribution in [2.75, 3.05) is 51.8 Å². The summed E-state index contributed by atoms with van der Waals surface area (Å²) >= 11 is 0. The van der Waals surface area contributed by atoms with Crippen LogP contribution in [0.1, 0.15) is 11.6 Å². The van der Waals surface area contributed by atoms with E-state index in [-0.39, 0.29) is 11.8 Å². The van der Waals surface area contributed by atoms with Gasteiger partial charge in [0.05, 0.1) is 25.8 Å². The molecule has 2 aliphatic heterocycles. The minimum absolute atomic E-state index is 0.257. The minimum atomic E-state index is -0.632. The van der Waals surface area contributed by atoms with Crippen LogP contribution in [0.4, 0.5) is 14.9 Å². The van der Waals surface area contributed by atoms with E-state index in [1.54, 1.807) is 31.4 Å². The maximum atomic E-state index is 13.2. The summed E-state index contributed by atoms with van der Waals surface area (Å²) in [5.74, 6) is -0.0714. The number of methoxy groups -OCH3 is 2. The summed E-state index contributed by atoms with van der Waals surface area (Å²) in [7, 11) is 2.91. The highest BCUT2D eigenvalue weighted by Crippen LogP contribution is 2.29. The molecule has 33 heavy (non-hydrogen) atoms. The van der Waals surface area contributed by atoms with E-state index in [2.05, 4.69) is 20.4 Å². The van der Waals surface area contributed by atoms with E-state index in [0.29, 0.717) is 23.6 Å². The Morgan fingerprint density at radius 1 is 1.03 bits per heavy atom. The van der Waals surface area contributed by atoms with Crippen LogP contribution in [-0.2, 0) is 9.53 Å². The van der Waals surface area contributed by atoms with Crippen molar-refractivity contribution >= 4 is 17.7 Å². The van der Waals surface area contributed by atoms with Crippen molar-refractivity contribution in [2.45, 2.75) is 6.04 Å². The summed E-state index contributed by atoms with van der Waals surface area (Å²) in [6.45, 7) is 3.36. The number of piperazine rings is 1. The molecule has 2 N–H and O–H groups in total. The number of hydrogen-bond acceptors (Lipinski definition) is 6. The van der Waals surface area contributed by atoms with Crippen molar-refractivity contribution < 1.29 is 23.5 Å². The maximum Gasteiger partial charge on any atom is 0.338 e. The maximum absolute atomic E-state index is 13.2. The highest BCUT2D eigenvalue weighted by atomic mass is 19.1. The van der Waals surface area contributed by atoms with Gasteiger partial charge < -0.3 is 25.0 Å². The van der Waals surface area contributed by atoms with Crippen molar-refractivity contribution in [3.63, 3.8) is 0 Å². The number of esters is 1. The zero-order valence-electron chi connectivity index (χ0n) is 18.6. The number of halogens is 1. The average molecular weight is 455 g/mol. The van der Waals surface area contributed by atoms with Gasteiger partial charge >= 0.3 is 12.0 Å². The van der Waals surface area contributed by atoms with Gasteiger partial charge in [0.25, 0.3) is 0 Å². The molecule has 2 aliphatic rings. The molecule has 0 radical (unpaired) electrons. The van der Waals surface area contributed by atoms with E-state index in [4.69, 9.17) is 9.47 Å². The second kappa shape index (κ2) is 9.91. The third kappa shape index (κ3) is 5.09. The Morgan fingerprint density at radius 2 is 1.70 bits per heavy atom. The molecular weight excluding hydrogens is 427 g/mol. The van der Waals surface area contributed by atoms with Crippen molar-refractivity contribution in [1.82, 2.24) is 15.5 Å². The lowest BCUT2D eigenvalue weighted by Gasteiger charge is -2.38. The van der Waals surface area contributed by atoms with Gasteiger partial charge in [0.2, 0.25) is 0 Å². The van der Waals surface area contributed by atoms with Gasteiger partial charge in [-0.25, -0.2) is 14.0 Å². The number of urea groups is 1.